The molecule has 1 aromatic rings. The molecular formula is C19H31ClN2O3. The number of rotatable bonds is 8. The lowest BCUT2D eigenvalue weighted by atomic mass is 9.90. The fraction of sp³-hybridized carbons (Fsp3) is 0.632. The minimum atomic E-state index is -0.252. The molecule has 1 aromatic carbocycles. The van der Waals surface area contributed by atoms with Gasteiger partial charge in [0.1, 0.15) is 5.75 Å². The number of nitrogens with one attached hydrogen (secondary N) is 1. The number of methoxy groups -OCH3 is 1. The Hall–Kier alpha value is -1.30. The molecule has 2 rings (SSSR count). The van der Waals surface area contributed by atoms with Gasteiger partial charge in [-0.25, -0.2) is 0 Å². The summed E-state index contributed by atoms with van der Waals surface area (Å²) in [5.41, 5.74) is 7.38. The minimum absolute atomic E-state index is 0. The van der Waals surface area contributed by atoms with Crippen LogP contribution in [0.15, 0.2) is 18.2 Å². The van der Waals surface area contributed by atoms with Crippen LogP contribution in [0.1, 0.15) is 44.1 Å². The van der Waals surface area contributed by atoms with Gasteiger partial charge in [0.05, 0.1) is 19.1 Å². The zero-order chi connectivity index (χ0) is 17.4. The fourth-order valence-corrected chi connectivity index (χ4v) is 3.08. The van der Waals surface area contributed by atoms with Gasteiger partial charge in [0.25, 0.3) is 0 Å². The largest absolute Gasteiger partial charge is 0.493 e. The molecule has 1 aliphatic carbocycles. The Morgan fingerprint density at radius 3 is 2.68 bits per heavy atom. The molecule has 3 N–H and O–H groups in total. The summed E-state index contributed by atoms with van der Waals surface area (Å²) in [5.74, 6) is 1.40. The Labute approximate surface area is 157 Å². The molecule has 0 bridgehead atoms. The minimum Gasteiger partial charge on any atom is -0.493 e. The van der Waals surface area contributed by atoms with Gasteiger partial charge < -0.3 is 20.5 Å². The summed E-state index contributed by atoms with van der Waals surface area (Å²) in [5, 5.41) is 2.89. The van der Waals surface area contributed by atoms with E-state index in [1.165, 1.54) is 32.1 Å². The molecular weight excluding hydrogens is 340 g/mol. The molecule has 0 saturated heterocycles. The summed E-state index contributed by atoms with van der Waals surface area (Å²) in [6, 6.07) is 5.77. The Morgan fingerprint density at radius 2 is 2.04 bits per heavy atom. The predicted molar refractivity (Wildman–Crippen MR) is 104 cm³/mol. The van der Waals surface area contributed by atoms with Crippen LogP contribution in [0.3, 0.4) is 0 Å². The molecule has 1 aliphatic rings. The molecule has 5 nitrogen and oxygen atoms in total. The molecule has 1 saturated carbocycles. The monoisotopic (exact) mass is 370 g/mol. The zero-order valence-electron chi connectivity index (χ0n) is 15.3. The van der Waals surface area contributed by atoms with E-state index < -0.39 is 0 Å². The van der Waals surface area contributed by atoms with Crippen molar-refractivity contribution in [2.24, 2.45) is 11.7 Å². The van der Waals surface area contributed by atoms with Crippen molar-refractivity contribution in [3.8, 4) is 5.75 Å². The third kappa shape index (κ3) is 7.22. The first-order valence-corrected chi connectivity index (χ1v) is 8.88. The van der Waals surface area contributed by atoms with E-state index in [-0.39, 0.29) is 30.8 Å². The van der Waals surface area contributed by atoms with Gasteiger partial charge in [-0.1, -0.05) is 25.3 Å². The van der Waals surface area contributed by atoms with Crippen LogP contribution < -0.4 is 15.8 Å². The molecule has 0 aromatic heterocycles. The van der Waals surface area contributed by atoms with Gasteiger partial charge >= 0.3 is 0 Å². The number of hydrogen-bond acceptors (Lipinski definition) is 4. The second kappa shape index (κ2) is 11.3. The average Bonchev–Trinajstić information content (AvgIpc) is 2.61. The normalized spacial score (nSPS) is 16.0. The molecule has 1 fully saturated rings. The van der Waals surface area contributed by atoms with Crippen LogP contribution in [-0.2, 0) is 9.53 Å². The standard InChI is InChI=1S/C19H30N2O3.ClH/c1-14-8-9-16(21-19(22)11-17(12-20)23-2)10-18(14)24-13-15-6-4-3-5-7-15;/h8-10,15,17H,3-7,11-13,20H2,1-2H3,(H,21,22);1H. The van der Waals surface area contributed by atoms with E-state index >= 15 is 0 Å². The smallest absolute Gasteiger partial charge is 0.227 e. The highest BCUT2D eigenvalue weighted by Gasteiger charge is 2.15. The molecule has 142 valence electrons. The molecule has 1 unspecified atom stereocenters. The van der Waals surface area contributed by atoms with E-state index in [0.29, 0.717) is 12.5 Å². The van der Waals surface area contributed by atoms with E-state index in [9.17, 15) is 4.79 Å². The maximum atomic E-state index is 12.1. The van der Waals surface area contributed by atoms with Crippen LogP contribution in [0.5, 0.6) is 5.75 Å². The van der Waals surface area contributed by atoms with Crippen LogP contribution in [0.4, 0.5) is 5.69 Å². The summed E-state index contributed by atoms with van der Waals surface area (Å²) in [7, 11) is 1.56. The first-order valence-electron chi connectivity index (χ1n) is 8.88. The van der Waals surface area contributed by atoms with Crippen molar-refractivity contribution in [2.45, 2.75) is 51.6 Å². The van der Waals surface area contributed by atoms with Crippen molar-refractivity contribution in [3.63, 3.8) is 0 Å². The number of benzene rings is 1. The van der Waals surface area contributed by atoms with Gasteiger partial charge in [0, 0.05) is 25.4 Å². The summed E-state index contributed by atoms with van der Waals surface area (Å²) < 4.78 is 11.2. The van der Waals surface area contributed by atoms with Crippen LogP contribution in [0, 0.1) is 12.8 Å². The number of hydrogen-bond donors (Lipinski definition) is 2. The van der Waals surface area contributed by atoms with Crippen molar-refractivity contribution >= 4 is 24.0 Å². The Bertz CT molecular complexity index is 529. The molecule has 6 heteroatoms. The second-order valence-electron chi connectivity index (χ2n) is 6.64. The average molecular weight is 371 g/mol. The third-order valence-corrected chi connectivity index (χ3v) is 4.68. The van der Waals surface area contributed by atoms with Crippen molar-refractivity contribution in [3.05, 3.63) is 23.8 Å². The van der Waals surface area contributed by atoms with Crippen LogP contribution >= 0.6 is 12.4 Å². The molecule has 0 spiro atoms. The summed E-state index contributed by atoms with van der Waals surface area (Å²) >= 11 is 0. The molecule has 25 heavy (non-hydrogen) atoms. The number of amides is 1. The van der Waals surface area contributed by atoms with E-state index in [4.69, 9.17) is 15.2 Å². The molecule has 0 radical (unpaired) electrons. The summed E-state index contributed by atoms with van der Waals surface area (Å²) in [4.78, 5) is 12.1. The number of nitrogens with two attached hydrogens (primary N) is 1. The number of carbonyl (C=O) groups is 1. The van der Waals surface area contributed by atoms with Gasteiger partial charge in [-0.2, -0.15) is 0 Å². The molecule has 0 heterocycles. The van der Waals surface area contributed by atoms with E-state index in [1.807, 2.05) is 25.1 Å². The first kappa shape index (κ1) is 21.7. The number of ether oxygens (including phenoxy) is 2. The molecule has 1 atom stereocenters. The quantitative estimate of drug-likeness (QED) is 0.732. The number of aryl methyl sites for hydroxylation is 1. The Kier molecular flexibility index (Phi) is 9.86. The summed E-state index contributed by atoms with van der Waals surface area (Å²) in [6.07, 6.45) is 6.48. The molecule has 1 amide bonds. The first-order chi connectivity index (χ1) is 11.6. The van der Waals surface area contributed by atoms with Gasteiger partial charge in [-0.15, -0.1) is 12.4 Å². The van der Waals surface area contributed by atoms with Crippen molar-refractivity contribution in [1.82, 2.24) is 0 Å². The van der Waals surface area contributed by atoms with Crippen molar-refractivity contribution < 1.29 is 14.3 Å². The van der Waals surface area contributed by atoms with E-state index in [0.717, 1.165) is 23.6 Å². The summed E-state index contributed by atoms with van der Waals surface area (Å²) in [6.45, 7) is 3.11. The van der Waals surface area contributed by atoms with E-state index in [1.54, 1.807) is 7.11 Å². The fourth-order valence-electron chi connectivity index (χ4n) is 3.08. The highest BCUT2D eigenvalue weighted by molar-refractivity contribution is 5.91. The third-order valence-electron chi connectivity index (χ3n) is 4.68. The number of carbonyl (C=O) groups excluding carboxylic acids is 1. The SMILES string of the molecule is COC(CN)CC(=O)Nc1ccc(C)c(OCC2CCCCC2)c1.Cl. The number of halogens is 1. The van der Waals surface area contributed by atoms with Crippen LogP contribution in [-0.4, -0.2) is 32.3 Å². The van der Waals surface area contributed by atoms with Gasteiger partial charge in [0.2, 0.25) is 5.91 Å². The lowest BCUT2D eigenvalue weighted by Gasteiger charge is -2.22. The highest BCUT2D eigenvalue weighted by atomic mass is 35.5. The number of anilines is 1. The van der Waals surface area contributed by atoms with Gasteiger partial charge in [-0.05, 0) is 37.3 Å². The maximum absolute atomic E-state index is 12.1. The molecule has 0 aliphatic heterocycles. The van der Waals surface area contributed by atoms with Crippen molar-refractivity contribution in [2.75, 3.05) is 25.6 Å². The lowest BCUT2D eigenvalue weighted by Crippen LogP contribution is -2.28. The van der Waals surface area contributed by atoms with Crippen molar-refractivity contribution in [1.29, 1.82) is 0 Å². The Morgan fingerprint density at radius 1 is 1.32 bits per heavy atom. The van der Waals surface area contributed by atoms with Gasteiger partial charge in [-0.3, -0.25) is 4.79 Å². The topological polar surface area (TPSA) is 73.6 Å². The zero-order valence-corrected chi connectivity index (χ0v) is 16.1. The second-order valence-corrected chi connectivity index (χ2v) is 6.64. The predicted octanol–water partition coefficient (Wildman–Crippen LogP) is 3.68. The maximum Gasteiger partial charge on any atom is 0.227 e. The van der Waals surface area contributed by atoms with Crippen LogP contribution in [0.25, 0.3) is 0 Å². The van der Waals surface area contributed by atoms with Crippen LogP contribution in [0.2, 0.25) is 0 Å². The van der Waals surface area contributed by atoms with E-state index in [2.05, 4.69) is 5.32 Å². The Balaban J connectivity index is 0.00000312. The highest BCUT2D eigenvalue weighted by Crippen LogP contribution is 2.27. The van der Waals surface area contributed by atoms with Gasteiger partial charge in [0.15, 0.2) is 0 Å². The lowest BCUT2D eigenvalue weighted by molar-refractivity contribution is -0.118.